The van der Waals surface area contributed by atoms with E-state index in [1.165, 1.54) is 12.5 Å². The SMILES string of the molecule is CC(NC1CC(c2cccc(F)c2)C1)C1CCOC1. The number of rotatable bonds is 4. The van der Waals surface area contributed by atoms with Crippen LogP contribution in [-0.4, -0.2) is 25.3 Å². The predicted molar refractivity (Wildman–Crippen MR) is 73.7 cm³/mol. The number of nitrogens with one attached hydrogen (secondary N) is 1. The summed E-state index contributed by atoms with van der Waals surface area (Å²) in [5.74, 6) is 1.07. The third-order valence-electron chi connectivity index (χ3n) is 4.63. The van der Waals surface area contributed by atoms with E-state index in [4.69, 9.17) is 4.74 Å². The first-order chi connectivity index (χ1) is 9.22. The molecule has 0 amide bonds. The number of benzene rings is 1. The summed E-state index contributed by atoms with van der Waals surface area (Å²) in [4.78, 5) is 0. The van der Waals surface area contributed by atoms with E-state index in [1.54, 1.807) is 6.07 Å². The van der Waals surface area contributed by atoms with Crippen molar-refractivity contribution in [2.75, 3.05) is 13.2 Å². The van der Waals surface area contributed by atoms with E-state index in [1.807, 2.05) is 12.1 Å². The monoisotopic (exact) mass is 263 g/mol. The molecule has 2 atom stereocenters. The van der Waals surface area contributed by atoms with Gasteiger partial charge in [-0.2, -0.15) is 0 Å². The van der Waals surface area contributed by atoms with E-state index in [9.17, 15) is 4.39 Å². The van der Waals surface area contributed by atoms with Crippen molar-refractivity contribution in [1.82, 2.24) is 5.32 Å². The highest BCUT2D eigenvalue weighted by molar-refractivity contribution is 5.23. The maximum Gasteiger partial charge on any atom is 0.123 e. The molecule has 1 aliphatic carbocycles. The lowest BCUT2D eigenvalue weighted by atomic mass is 9.75. The summed E-state index contributed by atoms with van der Waals surface area (Å²) in [6.45, 7) is 4.07. The molecule has 0 radical (unpaired) electrons. The first-order valence-corrected chi connectivity index (χ1v) is 7.31. The topological polar surface area (TPSA) is 21.3 Å². The Morgan fingerprint density at radius 2 is 2.21 bits per heavy atom. The van der Waals surface area contributed by atoms with Gasteiger partial charge in [-0.15, -0.1) is 0 Å². The average molecular weight is 263 g/mol. The molecule has 0 bridgehead atoms. The summed E-state index contributed by atoms with van der Waals surface area (Å²) < 4.78 is 18.6. The number of ether oxygens (including phenoxy) is 1. The van der Waals surface area contributed by atoms with Crippen molar-refractivity contribution in [3.63, 3.8) is 0 Å². The number of hydrogen-bond acceptors (Lipinski definition) is 2. The van der Waals surface area contributed by atoms with Crippen LogP contribution >= 0.6 is 0 Å². The van der Waals surface area contributed by atoms with Crippen LogP contribution < -0.4 is 5.32 Å². The molecule has 3 heteroatoms. The lowest BCUT2D eigenvalue weighted by Gasteiger charge is -2.39. The first kappa shape index (κ1) is 13.1. The Hall–Kier alpha value is -0.930. The third-order valence-corrected chi connectivity index (χ3v) is 4.63. The Bertz CT molecular complexity index is 425. The van der Waals surface area contributed by atoms with Gasteiger partial charge in [0.05, 0.1) is 6.61 Å². The van der Waals surface area contributed by atoms with Crippen LogP contribution in [0.25, 0.3) is 0 Å². The lowest BCUT2D eigenvalue weighted by molar-refractivity contribution is 0.170. The zero-order valence-electron chi connectivity index (χ0n) is 11.4. The van der Waals surface area contributed by atoms with Crippen LogP contribution in [0.5, 0.6) is 0 Å². The van der Waals surface area contributed by atoms with Crippen LogP contribution in [0.2, 0.25) is 0 Å². The molecular weight excluding hydrogens is 241 g/mol. The summed E-state index contributed by atoms with van der Waals surface area (Å²) in [7, 11) is 0. The van der Waals surface area contributed by atoms with Gasteiger partial charge >= 0.3 is 0 Å². The van der Waals surface area contributed by atoms with Gasteiger partial charge in [0.1, 0.15) is 5.82 Å². The summed E-state index contributed by atoms with van der Waals surface area (Å²) in [5.41, 5.74) is 1.15. The van der Waals surface area contributed by atoms with Crippen LogP contribution in [0.15, 0.2) is 24.3 Å². The van der Waals surface area contributed by atoms with Crippen LogP contribution in [0, 0.1) is 11.7 Å². The normalized spacial score (nSPS) is 32.0. The van der Waals surface area contributed by atoms with E-state index >= 15 is 0 Å². The van der Waals surface area contributed by atoms with E-state index in [0.717, 1.165) is 31.6 Å². The van der Waals surface area contributed by atoms with Gasteiger partial charge in [0.25, 0.3) is 0 Å². The molecule has 19 heavy (non-hydrogen) atoms. The molecule has 0 spiro atoms. The maximum absolute atomic E-state index is 13.2. The van der Waals surface area contributed by atoms with Crippen LogP contribution in [0.3, 0.4) is 0 Å². The standard InChI is InChI=1S/C16H22FNO/c1-11(13-5-6-19-10-13)18-16-8-14(9-16)12-3-2-4-15(17)7-12/h2-4,7,11,13-14,16,18H,5-6,8-10H2,1H3. The molecule has 3 rings (SSSR count). The molecule has 104 valence electrons. The van der Waals surface area contributed by atoms with Gasteiger partial charge < -0.3 is 10.1 Å². The maximum atomic E-state index is 13.2. The highest BCUT2D eigenvalue weighted by Gasteiger charge is 2.33. The molecule has 1 N–H and O–H groups in total. The second-order valence-corrected chi connectivity index (χ2v) is 6.00. The molecule has 1 heterocycles. The molecule has 1 saturated heterocycles. The second-order valence-electron chi connectivity index (χ2n) is 6.00. The summed E-state index contributed by atoms with van der Waals surface area (Å²) in [6, 6.07) is 8.15. The Labute approximate surface area is 114 Å². The Balaban J connectivity index is 1.47. The van der Waals surface area contributed by atoms with E-state index < -0.39 is 0 Å². The highest BCUT2D eigenvalue weighted by Crippen LogP contribution is 2.37. The minimum Gasteiger partial charge on any atom is -0.381 e. The average Bonchev–Trinajstić information content (AvgIpc) is 2.86. The van der Waals surface area contributed by atoms with Gasteiger partial charge in [0.2, 0.25) is 0 Å². The quantitative estimate of drug-likeness (QED) is 0.901. The first-order valence-electron chi connectivity index (χ1n) is 7.31. The van der Waals surface area contributed by atoms with Gasteiger partial charge in [-0.1, -0.05) is 12.1 Å². The summed E-state index contributed by atoms with van der Waals surface area (Å²) >= 11 is 0. The third kappa shape index (κ3) is 2.98. The summed E-state index contributed by atoms with van der Waals surface area (Å²) in [5, 5.41) is 3.70. The smallest absolute Gasteiger partial charge is 0.123 e. The van der Waals surface area contributed by atoms with Crippen LogP contribution in [-0.2, 0) is 4.74 Å². The molecule has 1 saturated carbocycles. The highest BCUT2D eigenvalue weighted by atomic mass is 19.1. The van der Waals surface area contributed by atoms with Gasteiger partial charge in [-0.3, -0.25) is 0 Å². The minimum atomic E-state index is -0.120. The van der Waals surface area contributed by atoms with E-state index in [2.05, 4.69) is 12.2 Å². The van der Waals surface area contributed by atoms with Crippen molar-refractivity contribution in [2.24, 2.45) is 5.92 Å². The molecule has 0 aromatic heterocycles. The molecule has 2 unspecified atom stereocenters. The molecule has 2 fully saturated rings. The Kier molecular flexibility index (Phi) is 3.85. The lowest BCUT2D eigenvalue weighted by Crippen LogP contribution is -2.47. The van der Waals surface area contributed by atoms with Gasteiger partial charge in [0, 0.05) is 18.7 Å². The number of hydrogen-bond donors (Lipinski definition) is 1. The molecule has 2 aliphatic rings. The Morgan fingerprint density at radius 1 is 1.37 bits per heavy atom. The van der Waals surface area contributed by atoms with Gasteiger partial charge in [-0.05, 0) is 55.7 Å². The fourth-order valence-electron chi connectivity index (χ4n) is 3.24. The molecule has 1 aliphatic heterocycles. The molecular formula is C16H22FNO. The zero-order chi connectivity index (χ0) is 13.2. The van der Waals surface area contributed by atoms with Crippen LogP contribution in [0.1, 0.15) is 37.7 Å². The van der Waals surface area contributed by atoms with Gasteiger partial charge in [0.15, 0.2) is 0 Å². The summed E-state index contributed by atoms with van der Waals surface area (Å²) in [6.07, 6.45) is 3.43. The van der Waals surface area contributed by atoms with Crippen LogP contribution in [0.4, 0.5) is 4.39 Å². The second kappa shape index (κ2) is 5.59. The number of halogens is 1. The van der Waals surface area contributed by atoms with E-state index in [0.29, 0.717) is 23.9 Å². The minimum absolute atomic E-state index is 0.120. The fourth-order valence-corrected chi connectivity index (χ4v) is 3.24. The Morgan fingerprint density at radius 3 is 2.89 bits per heavy atom. The van der Waals surface area contributed by atoms with Crippen molar-refractivity contribution >= 4 is 0 Å². The molecule has 2 nitrogen and oxygen atoms in total. The molecule has 1 aromatic rings. The predicted octanol–water partition coefficient (Wildman–Crippen LogP) is 3.09. The fraction of sp³-hybridized carbons (Fsp3) is 0.625. The van der Waals surface area contributed by atoms with Gasteiger partial charge in [-0.25, -0.2) is 4.39 Å². The van der Waals surface area contributed by atoms with E-state index in [-0.39, 0.29) is 5.82 Å². The van der Waals surface area contributed by atoms with Crippen molar-refractivity contribution in [1.29, 1.82) is 0 Å². The van der Waals surface area contributed by atoms with Crippen molar-refractivity contribution in [2.45, 2.75) is 44.2 Å². The zero-order valence-corrected chi connectivity index (χ0v) is 11.4. The van der Waals surface area contributed by atoms with Crippen molar-refractivity contribution in [3.8, 4) is 0 Å². The van der Waals surface area contributed by atoms with Crippen molar-refractivity contribution < 1.29 is 9.13 Å². The largest absolute Gasteiger partial charge is 0.381 e. The van der Waals surface area contributed by atoms with Crippen molar-refractivity contribution in [3.05, 3.63) is 35.6 Å². The molecule has 1 aromatic carbocycles.